The van der Waals surface area contributed by atoms with Gasteiger partial charge < -0.3 is 10.0 Å². The lowest BCUT2D eigenvalue weighted by Crippen LogP contribution is -2.22. The zero-order chi connectivity index (χ0) is 12.0. The van der Waals surface area contributed by atoms with Crippen LogP contribution in [0, 0.1) is 11.8 Å². The van der Waals surface area contributed by atoms with Gasteiger partial charge in [0, 0.05) is 26.1 Å². The molecule has 0 atom stereocenters. The highest BCUT2D eigenvalue weighted by Gasteiger charge is 2.10. The largest absolute Gasteiger partial charge is 0.395 e. The minimum Gasteiger partial charge on any atom is -0.395 e. The Kier molecular flexibility index (Phi) is 4.56. The predicted octanol–water partition coefficient (Wildman–Crippen LogP) is 1.12. The molecule has 1 rings (SSSR count). The maximum atomic E-state index is 11.8. The summed E-state index contributed by atoms with van der Waals surface area (Å²) in [6.07, 6.45) is 0.421. The molecule has 0 aliphatic rings. The first-order valence-corrected chi connectivity index (χ1v) is 5.07. The summed E-state index contributed by atoms with van der Waals surface area (Å²) >= 11 is 0. The van der Waals surface area contributed by atoms with Crippen molar-refractivity contribution in [1.82, 2.24) is 4.90 Å². The molecule has 3 nitrogen and oxygen atoms in total. The van der Waals surface area contributed by atoms with Gasteiger partial charge in [0.15, 0.2) is 0 Å². The number of carbonyl (C=O) groups excluding carboxylic acids is 1. The standard InChI is InChI=1S/C13H15NO2/c1-14(2)13(16)12-9-4-3-7-11(12)8-5-6-10-15/h3-4,7,9,15H,6,10H2,1-2H3. The Morgan fingerprint density at radius 1 is 1.38 bits per heavy atom. The number of amides is 1. The molecule has 1 amide bonds. The Balaban J connectivity index is 3.02. The zero-order valence-corrected chi connectivity index (χ0v) is 9.53. The van der Waals surface area contributed by atoms with Crippen molar-refractivity contribution in [2.24, 2.45) is 0 Å². The third-order valence-electron chi connectivity index (χ3n) is 2.02. The van der Waals surface area contributed by atoms with Gasteiger partial charge in [-0.1, -0.05) is 24.0 Å². The Labute approximate surface area is 95.7 Å². The predicted molar refractivity (Wildman–Crippen MR) is 63.0 cm³/mol. The van der Waals surface area contributed by atoms with E-state index in [0.29, 0.717) is 17.5 Å². The van der Waals surface area contributed by atoms with E-state index in [1.165, 1.54) is 4.90 Å². The summed E-state index contributed by atoms with van der Waals surface area (Å²) in [5.74, 6) is 5.65. The maximum Gasteiger partial charge on any atom is 0.254 e. The second-order valence-electron chi connectivity index (χ2n) is 3.52. The maximum absolute atomic E-state index is 11.8. The molecule has 0 aliphatic carbocycles. The normalized spacial score (nSPS) is 9.19. The van der Waals surface area contributed by atoms with E-state index in [1.807, 2.05) is 12.1 Å². The summed E-state index contributed by atoms with van der Waals surface area (Å²) in [4.78, 5) is 13.3. The fourth-order valence-corrected chi connectivity index (χ4v) is 1.23. The molecule has 84 valence electrons. The molecule has 0 unspecified atom stereocenters. The first kappa shape index (κ1) is 12.3. The van der Waals surface area contributed by atoms with E-state index >= 15 is 0 Å². The van der Waals surface area contributed by atoms with Crippen LogP contribution in [0.15, 0.2) is 24.3 Å². The average molecular weight is 217 g/mol. The van der Waals surface area contributed by atoms with Gasteiger partial charge in [-0.25, -0.2) is 0 Å². The van der Waals surface area contributed by atoms with Crippen molar-refractivity contribution in [3.63, 3.8) is 0 Å². The first-order valence-electron chi connectivity index (χ1n) is 5.07. The lowest BCUT2D eigenvalue weighted by atomic mass is 10.1. The van der Waals surface area contributed by atoms with E-state index in [1.54, 1.807) is 26.2 Å². The zero-order valence-electron chi connectivity index (χ0n) is 9.53. The molecule has 16 heavy (non-hydrogen) atoms. The molecule has 1 aromatic rings. The fraction of sp³-hybridized carbons (Fsp3) is 0.308. The molecule has 0 bridgehead atoms. The number of nitrogens with zero attached hydrogens (tertiary/aromatic N) is 1. The SMILES string of the molecule is CN(C)C(=O)c1ccccc1C#CCCO. The topological polar surface area (TPSA) is 40.5 Å². The van der Waals surface area contributed by atoms with Crippen LogP contribution in [0.2, 0.25) is 0 Å². The average Bonchev–Trinajstić information content (AvgIpc) is 2.29. The molecule has 3 heteroatoms. The molecule has 1 N–H and O–H groups in total. The number of carbonyl (C=O) groups is 1. The first-order chi connectivity index (χ1) is 7.66. The van der Waals surface area contributed by atoms with Crippen molar-refractivity contribution >= 4 is 5.91 Å². The summed E-state index contributed by atoms with van der Waals surface area (Å²) < 4.78 is 0. The van der Waals surface area contributed by atoms with Gasteiger partial charge in [-0.15, -0.1) is 0 Å². The molecule has 0 aromatic heterocycles. The molecule has 1 aromatic carbocycles. The van der Waals surface area contributed by atoms with Crippen LogP contribution in [0.4, 0.5) is 0 Å². The van der Waals surface area contributed by atoms with Crippen molar-refractivity contribution in [2.75, 3.05) is 20.7 Å². The molecule has 0 heterocycles. The van der Waals surface area contributed by atoms with Gasteiger partial charge in [0.25, 0.3) is 5.91 Å². The molecular formula is C13H15NO2. The Hall–Kier alpha value is -1.79. The van der Waals surface area contributed by atoms with Crippen molar-refractivity contribution < 1.29 is 9.90 Å². The fourth-order valence-electron chi connectivity index (χ4n) is 1.23. The third kappa shape index (κ3) is 3.11. The number of hydrogen-bond acceptors (Lipinski definition) is 2. The van der Waals surface area contributed by atoms with Gasteiger partial charge in [0.2, 0.25) is 0 Å². The van der Waals surface area contributed by atoms with Crippen LogP contribution in [-0.4, -0.2) is 36.6 Å². The van der Waals surface area contributed by atoms with Crippen molar-refractivity contribution in [3.8, 4) is 11.8 Å². The van der Waals surface area contributed by atoms with E-state index < -0.39 is 0 Å². The van der Waals surface area contributed by atoms with Crippen LogP contribution in [0.3, 0.4) is 0 Å². The summed E-state index contributed by atoms with van der Waals surface area (Å²) in [5.41, 5.74) is 1.30. The lowest BCUT2D eigenvalue weighted by molar-refractivity contribution is 0.0827. The molecule has 0 fully saturated rings. The van der Waals surface area contributed by atoms with Gasteiger partial charge in [0.05, 0.1) is 12.2 Å². The highest BCUT2D eigenvalue weighted by molar-refractivity contribution is 5.96. The van der Waals surface area contributed by atoms with Crippen LogP contribution < -0.4 is 0 Å². The van der Waals surface area contributed by atoms with Gasteiger partial charge in [-0.3, -0.25) is 4.79 Å². The summed E-state index contributed by atoms with van der Waals surface area (Å²) in [6.45, 7) is 0.0385. The Morgan fingerprint density at radius 2 is 2.06 bits per heavy atom. The monoisotopic (exact) mass is 217 g/mol. The quantitative estimate of drug-likeness (QED) is 0.754. The number of aliphatic hydroxyl groups is 1. The van der Waals surface area contributed by atoms with E-state index in [0.717, 1.165) is 0 Å². The van der Waals surface area contributed by atoms with Gasteiger partial charge in [0.1, 0.15) is 0 Å². The van der Waals surface area contributed by atoms with E-state index in [2.05, 4.69) is 11.8 Å². The van der Waals surface area contributed by atoms with Crippen LogP contribution in [0.25, 0.3) is 0 Å². The van der Waals surface area contributed by atoms with Crippen LogP contribution in [0.5, 0.6) is 0 Å². The van der Waals surface area contributed by atoms with Gasteiger partial charge in [-0.2, -0.15) is 0 Å². The second-order valence-corrected chi connectivity index (χ2v) is 3.52. The minimum atomic E-state index is -0.0612. The lowest BCUT2D eigenvalue weighted by Gasteiger charge is -2.11. The van der Waals surface area contributed by atoms with Crippen molar-refractivity contribution in [1.29, 1.82) is 0 Å². The molecule has 0 saturated carbocycles. The molecule has 0 aliphatic heterocycles. The number of rotatable bonds is 2. The molecule has 0 radical (unpaired) electrons. The summed E-state index contributed by atoms with van der Waals surface area (Å²) in [6, 6.07) is 7.22. The van der Waals surface area contributed by atoms with Crippen molar-refractivity contribution in [3.05, 3.63) is 35.4 Å². The molecule has 0 spiro atoms. The van der Waals surface area contributed by atoms with Gasteiger partial charge in [-0.05, 0) is 12.1 Å². The van der Waals surface area contributed by atoms with Crippen molar-refractivity contribution in [2.45, 2.75) is 6.42 Å². The van der Waals surface area contributed by atoms with E-state index in [-0.39, 0.29) is 12.5 Å². The third-order valence-corrected chi connectivity index (χ3v) is 2.02. The summed E-state index contributed by atoms with van der Waals surface area (Å²) in [7, 11) is 3.42. The molecule has 0 saturated heterocycles. The smallest absolute Gasteiger partial charge is 0.254 e. The summed E-state index contributed by atoms with van der Waals surface area (Å²) in [5, 5.41) is 8.63. The van der Waals surface area contributed by atoms with E-state index in [9.17, 15) is 4.79 Å². The number of aliphatic hydroxyl groups excluding tert-OH is 1. The van der Waals surface area contributed by atoms with E-state index in [4.69, 9.17) is 5.11 Å². The second kappa shape index (κ2) is 5.94. The Bertz CT molecular complexity index is 427. The highest BCUT2D eigenvalue weighted by atomic mass is 16.2. The molecular weight excluding hydrogens is 202 g/mol. The highest BCUT2D eigenvalue weighted by Crippen LogP contribution is 2.09. The van der Waals surface area contributed by atoms with Gasteiger partial charge >= 0.3 is 0 Å². The minimum absolute atomic E-state index is 0.0385. The van der Waals surface area contributed by atoms with Crippen LogP contribution >= 0.6 is 0 Å². The number of hydrogen-bond donors (Lipinski definition) is 1. The van der Waals surface area contributed by atoms with Crippen LogP contribution in [0.1, 0.15) is 22.3 Å². The Morgan fingerprint density at radius 3 is 2.69 bits per heavy atom. The number of benzene rings is 1. The van der Waals surface area contributed by atoms with Crippen LogP contribution in [-0.2, 0) is 0 Å².